The molecule has 0 aliphatic heterocycles. The van der Waals surface area contributed by atoms with Crippen molar-refractivity contribution in [3.05, 3.63) is 38.9 Å². The Morgan fingerprint density at radius 3 is 2.69 bits per heavy atom. The van der Waals surface area contributed by atoms with Crippen molar-refractivity contribution < 1.29 is 14.3 Å². The maximum Gasteiger partial charge on any atom is 0.343 e. The Labute approximate surface area is 171 Å². The molecule has 3 rings (SSSR count). The monoisotopic (exact) mass is 417 g/mol. The van der Waals surface area contributed by atoms with Crippen LogP contribution < -0.4 is 10.9 Å². The van der Waals surface area contributed by atoms with Crippen LogP contribution in [-0.4, -0.2) is 37.8 Å². The molecule has 3 aromatic heterocycles. The Kier molecular flexibility index (Phi) is 5.83. The van der Waals surface area contributed by atoms with Gasteiger partial charge in [0.15, 0.2) is 0 Å². The zero-order chi connectivity index (χ0) is 21.3. The molecule has 0 aliphatic rings. The van der Waals surface area contributed by atoms with Gasteiger partial charge in [-0.05, 0) is 32.8 Å². The van der Waals surface area contributed by atoms with Crippen molar-refractivity contribution in [1.82, 2.24) is 19.3 Å². The number of thiophene rings is 1. The summed E-state index contributed by atoms with van der Waals surface area (Å²) in [6, 6.07) is -0.788. The van der Waals surface area contributed by atoms with Crippen LogP contribution in [0.5, 0.6) is 0 Å². The van der Waals surface area contributed by atoms with Crippen molar-refractivity contribution in [3.63, 3.8) is 0 Å². The van der Waals surface area contributed by atoms with Crippen LogP contribution in [-0.2, 0) is 16.6 Å². The Bertz CT molecular complexity index is 1140. The standard InChI is InChI=1S/C19H23N5O4S/c1-6-13(24-9-20-17-14(18(24)26)10(3)11(4)29-17)16(25)22-15-12(8-21-23(15)5)19(27)28-7-2/h8-9,13H,6-7H2,1-5H3,(H,22,25). The molecule has 3 aromatic rings. The van der Waals surface area contributed by atoms with E-state index < -0.39 is 17.9 Å². The maximum atomic E-state index is 13.1. The van der Waals surface area contributed by atoms with Gasteiger partial charge in [0, 0.05) is 11.9 Å². The van der Waals surface area contributed by atoms with Crippen molar-refractivity contribution in [2.75, 3.05) is 11.9 Å². The number of rotatable bonds is 6. The fraction of sp³-hybridized carbons (Fsp3) is 0.421. The molecule has 154 valence electrons. The van der Waals surface area contributed by atoms with Crippen LogP contribution in [0.3, 0.4) is 0 Å². The van der Waals surface area contributed by atoms with Crippen molar-refractivity contribution >= 4 is 39.2 Å². The summed E-state index contributed by atoms with van der Waals surface area (Å²) in [5.41, 5.74) is 0.778. The van der Waals surface area contributed by atoms with E-state index in [0.717, 1.165) is 10.4 Å². The summed E-state index contributed by atoms with van der Waals surface area (Å²) in [7, 11) is 1.61. The molecule has 0 saturated carbocycles. The number of carbonyl (C=O) groups excluding carboxylic acids is 2. The van der Waals surface area contributed by atoms with Gasteiger partial charge < -0.3 is 10.1 Å². The Morgan fingerprint density at radius 1 is 1.31 bits per heavy atom. The number of aryl methyl sites for hydroxylation is 3. The van der Waals surface area contributed by atoms with Crippen LogP contribution in [0.15, 0.2) is 17.3 Å². The molecular formula is C19H23N5O4S. The summed E-state index contributed by atoms with van der Waals surface area (Å²) < 4.78 is 7.74. The largest absolute Gasteiger partial charge is 0.462 e. The van der Waals surface area contributed by atoms with E-state index in [1.54, 1.807) is 14.0 Å². The van der Waals surface area contributed by atoms with Gasteiger partial charge in [0.05, 0.1) is 24.5 Å². The van der Waals surface area contributed by atoms with E-state index in [2.05, 4.69) is 15.4 Å². The van der Waals surface area contributed by atoms with E-state index >= 15 is 0 Å². The number of carbonyl (C=O) groups is 2. The molecule has 0 aliphatic carbocycles. The SMILES string of the molecule is CCOC(=O)c1cnn(C)c1NC(=O)C(CC)n1cnc2sc(C)c(C)c2c1=O. The second-order valence-corrected chi connectivity index (χ2v) is 7.79. The first kappa shape index (κ1) is 20.7. The van der Waals surface area contributed by atoms with E-state index in [1.807, 2.05) is 20.8 Å². The van der Waals surface area contributed by atoms with Crippen LogP contribution in [0.4, 0.5) is 5.82 Å². The number of amides is 1. The molecule has 0 saturated heterocycles. The van der Waals surface area contributed by atoms with E-state index in [-0.39, 0.29) is 23.5 Å². The van der Waals surface area contributed by atoms with Gasteiger partial charge >= 0.3 is 5.97 Å². The normalized spacial score (nSPS) is 12.2. The lowest BCUT2D eigenvalue weighted by molar-refractivity contribution is -0.119. The fourth-order valence-electron chi connectivity index (χ4n) is 3.12. The smallest absolute Gasteiger partial charge is 0.343 e. The minimum atomic E-state index is -0.788. The Balaban J connectivity index is 1.97. The minimum Gasteiger partial charge on any atom is -0.462 e. The third kappa shape index (κ3) is 3.67. The molecular weight excluding hydrogens is 394 g/mol. The zero-order valence-corrected chi connectivity index (χ0v) is 17.8. The van der Waals surface area contributed by atoms with Gasteiger partial charge in [-0.2, -0.15) is 5.10 Å². The number of hydrogen-bond donors (Lipinski definition) is 1. The zero-order valence-electron chi connectivity index (χ0n) is 17.0. The molecule has 29 heavy (non-hydrogen) atoms. The lowest BCUT2D eigenvalue weighted by Crippen LogP contribution is -2.34. The molecule has 0 bridgehead atoms. The maximum absolute atomic E-state index is 13.1. The topological polar surface area (TPSA) is 108 Å². The van der Waals surface area contributed by atoms with Gasteiger partial charge in [0.2, 0.25) is 5.91 Å². The van der Waals surface area contributed by atoms with Gasteiger partial charge in [-0.1, -0.05) is 6.92 Å². The van der Waals surface area contributed by atoms with Crippen molar-refractivity contribution in [2.24, 2.45) is 7.05 Å². The van der Waals surface area contributed by atoms with Crippen molar-refractivity contribution in [2.45, 2.75) is 40.2 Å². The highest BCUT2D eigenvalue weighted by Crippen LogP contribution is 2.26. The molecule has 10 heteroatoms. The summed E-state index contributed by atoms with van der Waals surface area (Å²) >= 11 is 1.46. The van der Waals surface area contributed by atoms with Crippen LogP contribution in [0.25, 0.3) is 10.2 Å². The molecule has 0 radical (unpaired) electrons. The predicted molar refractivity (Wildman–Crippen MR) is 110 cm³/mol. The fourth-order valence-corrected chi connectivity index (χ4v) is 4.11. The van der Waals surface area contributed by atoms with E-state index in [9.17, 15) is 14.4 Å². The van der Waals surface area contributed by atoms with Crippen LogP contribution in [0.2, 0.25) is 0 Å². The third-order valence-corrected chi connectivity index (χ3v) is 5.93. The lowest BCUT2D eigenvalue weighted by Gasteiger charge is -2.18. The van der Waals surface area contributed by atoms with Gasteiger partial charge in [-0.15, -0.1) is 11.3 Å². The van der Waals surface area contributed by atoms with E-state index in [0.29, 0.717) is 16.6 Å². The minimum absolute atomic E-state index is 0.155. The van der Waals surface area contributed by atoms with Crippen LogP contribution in [0, 0.1) is 13.8 Å². The van der Waals surface area contributed by atoms with E-state index in [4.69, 9.17) is 4.74 Å². The molecule has 0 fully saturated rings. The highest BCUT2D eigenvalue weighted by atomic mass is 32.1. The van der Waals surface area contributed by atoms with Crippen molar-refractivity contribution in [1.29, 1.82) is 0 Å². The molecule has 3 heterocycles. The molecule has 0 aromatic carbocycles. The summed E-state index contributed by atoms with van der Waals surface area (Å²) in [5.74, 6) is -0.792. The number of hydrogen-bond acceptors (Lipinski definition) is 7. The van der Waals surface area contributed by atoms with E-state index in [1.165, 1.54) is 33.1 Å². The van der Waals surface area contributed by atoms with Gasteiger partial charge in [-0.25, -0.2) is 9.78 Å². The first-order valence-electron chi connectivity index (χ1n) is 9.26. The predicted octanol–water partition coefficient (Wildman–Crippen LogP) is 2.57. The van der Waals surface area contributed by atoms with Gasteiger partial charge in [0.1, 0.15) is 22.3 Å². The number of fused-ring (bicyclic) bond motifs is 1. The number of aromatic nitrogens is 4. The average molecular weight is 417 g/mol. The second kappa shape index (κ2) is 8.16. The Hall–Kier alpha value is -3.01. The number of anilines is 1. The van der Waals surface area contributed by atoms with Gasteiger partial charge in [-0.3, -0.25) is 18.8 Å². The number of esters is 1. The third-order valence-electron chi connectivity index (χ3n) is 4.82. The molecule has 9 nitrogen and oxygen atoms in total. The number of ether oxygens (including phenoxy) is 1. The first-order chi connectivity index (χ1) is 13.8. The summed E-state index contributed by atoms with van der Waals surface area (Å²) in [6.07, 6.45) is 3.11. The number of nitrogens with zero attached hydrogens (tertiary/aromatic N) is 4. The van der Waals surface area contributed by atoms with Gasteiger partial charge in [0.25, 0.3) is 5.56 Å². The summed E-state index contributed by atoms with van der Waals surface area (Å²) in [6.45, 7) is 7.53. The second-order valence-electron chi connectivity index (χ2n) is 6.58. The molecule has 0 spiro atoms. The number of nitrogens with one attached hydrogen (secondary N) is 1. The molecule has 1 atom stereocenters. The summed E-state index contributed by atoms with van der Waals surface area (Å²) in [4.78, 5) is 44.2. The first-order valence-corrected chi connectivity index (χ1v) is 10.1. The lowest BCUT2D eigenvalue weighted by atomic mass is 10.1. The van der Waals surface area contributed by atoms with Crippen LogP contribution >= 0.6 is 11.3 Å². The summed E-state index contributed by atoms with van der Waals surface area (Å²) in [5, 5.41) is 7.28. The Morgan fingerprint density at radius 2 is 2.03 bits per heavy atom. The molecule has 1 amide bonds. The van der Waals surface area contributed by atoms with Crippen molar-refractivity contribution in [3.8, 4) is 0 Å². The molecule has 1 N–H and O–H groups in total. The average Bonchev–Trinajstić information content (AvgIpc) is 3.18. The molecule has 1 unspecified atom stereocenters. The quantitative estimate of drug-likeness (QED) is 0.618. The van der Waals surface area contributed by atoms with Crippen LogP contribution in [0.1, 0.15) is 47.1 Å². The highest BCUT2D eigenvalue weighted by molar-refractivity contribution is 7.18. The highest BCUT2D eigenvalue weighted by Gasteiger charge is 2.26.